The molecule has 4 heteroatoms. The van der Waals surface area contributed by atoms with E-state index in [0.29, 0.717) is 11.1 Å². The molecule has 3 aromatic rings. The zero-order valence-electron chi connectivity index (χ0n) is 18.4. The van der Waals surface area contributed by atoms with Crippen LogP contribution in [0.15, 0.2) is 78.9 Å². The molecule has 0 saturated carbocycles. The Bertz CT molecular complexity index is 1190. The van der Waals surface area contributed by atoms with Crippen molar-refractivity contribution in [2.75, 3.05) is 0 Å². The van der Waals surface area contributed by atoms with Gasteiger partial charge < -0.3 is 5.11 Å². The predicted octanol–water partition coefficient (Wildman–Crippen LogP) is 4.76. The Morgan fingerprint density at radius 3 is 1.69 bits per heavy atom. The first-order valence-corrected chi connectivity index (χ1v) is 10.6. The molecule has 3 aromatic carbocycles. The molecular formula is C28H25NO3. The van der Waals surface area contributed by atoms with Gasteiger partial charge in [-0.05, 0) is 62.7 Å². The van der Waals surface area contributed by atoms with Crippen LogP contribution < -0.4 is 0 Å². The van der Waals surface area contributed by atoms with Crippen molar-refractivity contribution in [3.63, 3.8) is 0 Å². The molecule has 4 rings (SSSR count). The minimum atomic E-state index is -1.10. The van der Waals surface area contributed by atoms with Gasteiger partial charge in [-0.25, -0.2) is 0 Å². The van der Waals surface area contributed by atoms with E-state index in [0.717, 1.165) is 16.7 Å². The minimum absolute atomic E-state index is 0.195. The zero-order valence-corrected chi connectivity index (χ0v) is 18.4. The molecule has 0 radical (unpaired) electrons. The van der Waals surface area contributed by atoms with Gasteiger partial charge in [-0.15, -0.1) is 0 Å². The largest absolute Gasteiger partial charge is 0.390 e. The van der Waals surface area contributed by atoms with E-state index in [4.69, 9.17) is 0 Å². The molecule has 1 atom stereocenters. The topological polar surface area (TPSA) is 57.6 Å². The van der Waals surface area contributed by atoms with Gasteiger partial charge in [-0.1, -0.05) is 54.3 Å². The summed E-state index contributed by atoms with van der Waals surface area (Å²) < 4.78 is 0. The number of fused-ring (bicyclic) bond motifs is 1. The molecule has 1 aliphatic rings. The first kappa shape index (κ1) is 21.5. The van der Waals surface area contributed by atoms with Crippen LogP contribution in [0.1, 0.15) is 64.6 Å². The number of carbonyl (C=O) groups excluding carboxylic acids is 2. The van der Waals surface area contributed by atoms with E-state index in [1.54, 1.807) is 38.1 Å². The average Bonchev–Trinajstić information content (AvgIpc) is 3.03. The summed E-state index contributed by atoms with van der Waals surface area (Å²) in [6.45, 7) is 5.20. The Hall–Kier alpha value is -3.68. The van der Waals surface area contributed by atoms with Crippen LogP contribution in [0.3, 0.4) is 0 Å². The fraction of sp³-hybridized carbons (Fsp3) is 0.214. The van der Waals surface area contributed by atoms with Crippen molar-refractivity contribution in [1.82, 2.24) is 4.90 Å². The Kier molecular flexibility index (Phi) is 5.46. The van der Waals surface area contributed by atoms with Crippen LogP contribution in [-0.4, -0.2) is 27.4 Å². The Morgan fingerprint density at radius 1 is 0.719 bits per heavy atom. The summed E-state index contributed by atoms with van der Waals surface area (Å²) in [4.78, 5) is 27.8. The molecule has 0 bridgehead atoms. The van der Waals surface area contributed by atoms with Gasteiger partial charge in [-0.2, -0.15) is 0 Å². The van der Waals surface area contributed by atoms with E-state index in [1.807, 2.05) is 61.5 Å². The Morgan fingerprint density at radius 2 is 1.19 bits per heavy atom. The van der Waals surface area contributed by atoms with Crippen LogP contribution in [-0.2, 0) is 5.54 Å². The van der Waals surface area contributed by atoms with Crippen LogP contribution in [0.4, 0.5) is 0 Å². The fourth-order valence-corrected chi connectivity index (χ4v) is 4.37. The fourth-order valence-electron chi connectivity index (χ4n) is 4.37. The van der Waals surface area contributed by atoms with Gasteiger partial charge in [0.2, 0.25) is 0 Å². The third-order valence-corrected chi connectivity index (χ3v) is 5.70. The monoisotopic (exact) mass is 423 g/mol. The van der Waals surface area contributed by atoms with E-state index in [2.05, 4.69) is 11.8 Å². The zero-order chi connectivity index (χ0) is 22.9. The molecule has 0 fully saturated rings. The molecule has 1 N–H and O–H groups in total. The summed E-state index contributed by atoms with van der Waals surface area (Å²) >= 11 is 0. The van der Waals surface area contributed by atoms with Gasteiger partial charge in [0.1, 0.15) is 0 Å². The molecule has 1 aliphatic heterocycles. The quantitative estimate of drug-likeness (QED) is 0.486. The number of imide groups is 1. The first-order valence-electron chi connectivity index (χ1n) is 10.6. The second kappa shape index (κ2) is 8.11. The maximum atomic E-state index is 13.2. The SMILES string of the molecule is CC(C)(O)C[C@@](C)(c1ccc(C#Cc2ccccc2)cc1)N1C(=O)c2ccccc2C1=O. The van der Waals surface area contributed by atoms with Crippen molar-refractivity contribution >= 4 is 11.8 Å². The lowest BCUT2D eigenvalue weighted by Crippen LogP contribution is -2.50. The van der Waals surface area contributed by atoms with Gasteiger partial charge in [0.25, 0.3) is 11.8 Å². The summed E-state index contributed by atoms with van der Waals surface area (Å²) in [6.07, 6.45) is 0.195. The number of benzene rings is 3. The first-order chi connectivity index (χ1) is 15.2. The van der Waals surface area contributed by atoms with Gasteiger partial charge in [0.15, 0.2) is 0 Å². The summed E-state index contributed by atoms with van der Waals surface area (Å²) in [5, 5.41) is 10.7. The van der Waals surface area contributed by atoms with E-state index >= 15 is 0 Å². The van der Waals surface area contributed by atoms with Crippen molar-refractivity contribution in [2.24, 2.45) is 0 Å². The van der Waals surface area contributed by atoms with Crippen molar-refractivity contribution in [3.8, 4) is 11.8 Å². The summed E-state index contributed by atoms with van der Waals surface area (Å²) in [6, 6.07) is 24.1. The molecule has 0 aliphatic carbocycles. The van der Waals surface area contributed by atoms with E-state index in [-0.39, 0.29) is 18.2 Å². The second-order valence-corrected chi connectivity index (χ2v) is 8.95. The molecule has 4 nitrogen and oxygen atoms in total. The van der Waals surface area contributed by atoms with Crippen molar-refractivity contribution < 1.29 is 14.7 Å². The summed E-state index contributed by atoms with van der Waals surface area (Å²) in [7, 11) is 0. The lowest BCUT2D eigenvalue weighted by molar-refractivity contribution is 0.00169. The number of hydrogen-bond acceptors (Lipinski definition) is 3. The minimum Gasteiger partial charge on any atom is -0.390 e. The normalized spacial score (nSPS) is 15.1. The third-order valence-electron chi connectivity index (χ3n) is 5.70. The smallest absolute Gasteiger partial charge is 0.262 e. The predicted molar refractivity (Wildman–Crippen MR) is 124 cm³/mol. The Balaban J connectivity index is 1.72. The highest BCUT2D eigenvalue weighted by Crippen LogP contribution is 2.41. The number of aliphatic hydroxyl groups is 1. The molecular weight excluding hydrogens is 398 g/mol. The molecule has 0 unspecified atom stereocenters. The van der Waals surface area contributed by atoms with E-state index < -0.39 is 11.1 Å². The highest BCUT2D eigenvalue weighted by Gasteiger charge is 2.49. The maximum Gasteiger partial charge on any atom is 0.262 e. The Labute approximate surface area is 188 Å². The molecule has 2 amide bonds. The number of nitrogens with zero attached hydrogens (tertiary/aromatic N) is 1. The van der Waals surface area contributed by atoms with Gasteiger partial charge in [0.05, 0.1) is 22.3 Å². The van der Waals surface area contributed by atoms with Crippen LogP contribution in [0.25, 0.3) is 0 Å². The van der Waals surface area contributed by atoms with Gasteiger partial charge >= 0.3 is 0 Å². The maximum absolute atomic E-state index is 13.2. The number of rotatable bonds is 4. The molecule has 0 spiro atoms. The van der Waals surface area contributed by atoms with Gasteiger partial charge in [-0.3, -0.25) is 14.5 Å². The molecule has 0 aromatic heterocycles. The summed E-state index contributed by atoms with van der Waals surface area (Å²) in [5.74, 6) is 5.59. The number of carbonyl (C=O) groups is 2. The second-order valence-electron chi connectivity index (χ2n) is 8.95. The lowest BCUT2D eigenvalue weighted by Gasteiger charge is -2.41. The van der Waals surface area contributed by atoms with Crippen molar-refractivity contribution in [2.45, 2.75) is 38.3 Å². The van der Waals surface area contributed by atoms with Crippen LogP contribution in [0, 0.1) is 11.8 Å². The van der Waals surface area contributed by atoms with Crippen molar-refractivity contribution in [3.05, 3.63) is 107 Å². The lowest BCUT2D eigenvalue weighted by atomic mass is 9.80. The van der Waals surface area contributed by atoms with Crippen LogP contribution in [0.2, 0.25) is 0 Å². The molecule has 1 heterocycles. The molecule has 32 heavy (non-hydrogen) atoms. The number of hydrogen-bond donors (Lipinski definition) is 1. The summed E-state index contributed by atoms with van der Waals surface area (Å²) in [5.41, 5.74) is 1.17. The average molecular weight is 424 g/mol. The van der Waals surface area contributed by atoms with Crippen LogP contribution >= 0.6 is 0 Å². The number of amides is 2. The van der Waals surface area contributed by atoms with E-state index in [9.17, 15) is 14.7 Å². The van der Waals surface area contributed by atoms with E-state index in [1.165, 1.54) is 4.90 Å². The van der Waals surface area contributed by atoms with Crippen molar-refractivity contribution in [1.29, 1.82) is 0 Å². The standard InChI is InChI=1S/C28H25NO3/c1-27(2,32)19-28(3,29-25(30)23-11-7-8-12-24(23)26(29)31)22-17-15-21(16-18-22)14-13-20-9-5-4-6-10-20/h4-12,15-18,32H,19H2,1-3H3/t28-/m0/s1. The highest BCUT2D eigenvalue weighted by atomic mass is 16.3. The highest BCUT2D eigenvalue weighted by molar-refractivity contribution is 6.21. The third kappa shape index (κ3) is 4.08. The van der Waals surface area contributed by atoms with Gasteiger partial charge in [0, 0.05) is 17.5 Å². The molecule has 160 valence electrons. The molecule has 0 saturated heterocycles. The van der Waals surface area contributed by atoms with Crippen LogP contribution in [0.5, 0.6) is 0 Å².